The van der Waals surface area contributed by atoms with E-state index in [0.717, 1.165) is 0 Å². The van der Waals surface area contributed by atoms with Gasteiger partial charge in [-0.25, -0.2) is 8.42 Å². The number of hydrogen-bond donors (Lipinski definition) is 1. The second kappa shape index (κ2) is 5.65. The molecule has 1 rings (SSSR count). The molecule has 0 aliphatic heterocycles. The summed E-state index contributed by atoms with van der Waals surface area (Å²) in [5.41, 5.74) is 0.585. The van der Waals surface area contributed by atoms with E-state index in [0.29, 0.717) is 18.5 Å². The predicted molar refractivity (Wildman–Crippen MR) is 63.1 cm³/mol. The maximum Gasteiger partial charge on any atom is 0.251 e. The lowest BCUT2D eigenvalue weighted by molar-refractivity contribution is 0.0953. The fourth-order valence-electron chi connectivity index (χ4n) is 1.23. The van der Waals surface area contributed by atoms with Crippen molar-refractivity contribution in [1.82, 2.24) is 5.32 Å². The van der Waals surface area contributed by atoms with Gasteiger partial charge in [-0.1, -0.05) is 18.2 Å². The van der Waals surface area contributed by atoms with Gasteiger partial charge >= 0.3 is 0 Å². The maximum absolute atomic E-state index is 11.5. The van der Waals surface area contributed by atoms with Crippen LogP contribution >= 0.6 is 0 Å². The van der Waals surface area contributed by atoms with Crippen molar-refractivity contribution < 1.29 is 13.2 Å². The molecule has 1 amide bonds. The molecule has 0 spiro atoms. The van der Waals surface area contributed by atoms with Gasteiger partial charge in [0.15, 0.2) is 0 Å². The maximum atomic E-state index is 11.5. The number of carbonyl (C=O) groups is 1. The molecule has 4 nitrogen and oxygen atoms in total. The smallest absolute Gasteiger partial charge is 0.251 e. The number of amides is 1. The Morgan fingerprint density at radius 3 is 2.44 bits per heavy atom. The lowest BCUT2D eigenvalue weighted by Crippen LogP contribution is -2.25. The minimum absolute atomic E-state index is 0.0993. The van der Waals surface area contributed by atoms with E-state index in [-0.39, 0.29) is 11.7 Å². The molecule has 0 fully saturated rings. The highest BCUT2D eigenvalue weighted by molar-refractivity contribution is 7.90. The lowest BCUT2D eigenvalue weighted by atomic mass is 10.2. The van der Waals surface area contributed by atoms with Crippen molar-refractivity contribution in [3.05, 3.63) is 35.9 Å². The Bertz CT molecular complexity index is 440. The van der Waals surface area contributed by atoms with Crippen molar-refractivity contribution in [2.45, 2.75) is 6.42 Å². The van der Waals surface area contributed by atoms with Gasteiger partial charge in [0.2, 0.25) is 0 Å². The number of hydrogen-bond acceptors (Lipinski definition) is 3. The Morgan fingerprint density at radius 2 is 1.88 bits per heavy atom. The normalized spacial score (nSPS) is 11.1. The average molecular weight is 241 g/mol. The summed E-state index contributed by atoms with van der Waals surface area (Å²) in [6.45, 7) is 0.376. The molecule has 1 N–H and O–H groups in total. The molecular weight excluding hydrogens is 226 g/mol. The molecule has 0 aliphatic carbocycles. The first-order valence-electron chi connectivity index (χ1n) is 5.00. The number of rotatable bonds is 5. The van der Waals surface area contributed by atoms with Crippen LogP contribution in [0.1, 0.15) is 16.8 Å². The monoisotopic (exact) mass is 241 g/mol. The average Bonchev–Trinajstić information content (AvgIpc) is 2.24. The Labute approximate surface area is 95.6 Å². The highest BCUT2D eigenvalue weighted by atomic mass is 32.2. The molecule has 0 radical (unpaired) electrons. The molecule has 0 bridgehead atoms. The van der Waals surface area contributed by atoms with Crippen molar-refractivity contribution >= 4 is 15.7 Å². The summed E-state index contributed by atoms with van der Waals surface area (Å²) in [5, 5.41) is 2.67. The summed E-state index contributed by atoms with van der Waals surface area (Å²) >= 11 is 0. The minimum Gasteiger partial charge on any atom is -0.352 e. The van der Waals surface area contributed by atoms with Crippen LogP contribution in [0.4, 0.5) is 0 Å². The summed E-state index contributed by atoms with van der Waals surface area (Å²) < 4.78 is 21.7. The van der Waals surface area contributed by atoms with Gasteiger partial charge in [0.05, 0.1) is 5.75 Å². The van der Waals surface area contributed by atoms with Crippen LogP contribution in [0.2, 0.25) is 0 Å². The molecule has 5 heteroatoms. The Kier molecular flexibility index (Phi) is 4.49. The summed E-state index contributed by atoms with van der Waals surface area (Å²) in [6.07, 6.45) is 1.63. The molecule has 0 atom stereocenters. The topological polar surface area (TPSA) is 63.2 Å². The molecule has 0 aliphatic rings. The molecule has 88 valence electrons. The number of carbonyl (C=O) groups excluding carboxylic acids is 1. The SMILES string of the molecule is CS(=O)(=O)CCCNC(=O)c1ccccc1. The van der Waals surface area contributed by atoms with Crippen LogP contribution < -0.4 is 5.32 Å². The van der Waals surface area contributed by atoms with Crippen LogP contribution in [0.15, 0.2) is 30.3 Å². The van der Waals surface area contributed by atoms with Gasteiger partial charge in [-0.05, 0) is 18.6 Å². The van der Waals surface area contributed by atoms with Crippen molar-refractivity contribution in [2.24, 2.45) is 0 Å². The zero-order valence-corrected chi connectivity index (χ0v) is 9.96. The first-order chi connectivity index (χ1) is 7.49. The van der Waals surface area contributed by atoms with E-state index in [1.807, 2.05) is 6.07 Å². The Morgan fingerprint density at radius 1 is 1.25 bits per heavy atom. The highest BCUT2D eigenvalue weighted by Crippen LogP contribution is 1.97. The summed E-state index contributed by atoms with van der Waals surface area (Å²) in [4.78, 5) is 11.5. The fourth-order valence-corrected chi connectivity index (χ4v) is 1.90. The van der Waals surface area contributed by atoms with Crippen LogP contribution in [0.5, 0.6) is 0 Å². The largest absolute Gasteiger partial charge is 0.352 e. The van der Waals surface area contributed by atoms with Crippen LogP contribution in [-0.4, -0.2) is 32.9 Å². The molecule has 0 saturated carbocycles. The van der Waals surface area contributed by atoms with Gasteiger partial charge in [-0.15, -0.1) is 0 Å². The molecule has 16 heavy (non-hydrogen) atoms. The third-order valence-electron chi connectivity index (χ3n) is 2.01. The second-order valence-corrected chi connectivity index (χ2v) is 5.87. The van der Waals surface area contributed by atoms with Gasteiger partial charge in [-0.2, -0.15) is 0 Å². The van der Waals surface area contributed by atoms with E-state index in [9.17, 15) is 13.2 Å². The Hall–Kier alpha value is -1.36. The van der Waals surface area contributed by atoms with E-state index in [4.69, 9.17) is 0 Å². The van der Waals surface area contributed by atoms with E-state index >= 15 is 0 Å². The third kappa shape index (κ3) is 4.93. The zero-order chi connectivity index (χ0) is 12.0. The predicted octanol–water partition coefficient (Wildman–Crippen LogP) is 0.851. The van der Waals surface area contributed by atoms with Gasteiger partial charge in [0.25, 0.3) is 5.91 Å². The van der Waals surface area contributed by atoms with E-state index in [2.05, 4.69) is 5.32 Å². The zero-order valence-electron chi connectivity index (χ0n) is 9.14. The van der Waals surface area contributed by atoms with Crippen molar-refractivity contribution in [3.8, 4) is 0 Å². The van der Waals surface area contributed by atoms with Crippen LogP contribution in [0.3, 0.4) is 0 Å². The van der Waals surface area contributed by atoms with Gasteiger partial charge in [0.1, 0.15) is 9.84 Å². The van der Waals surface area contributed by atoms with Gasteiger partial charge in [0, 0.05) is 18.4 Å². The standard InChI is InChI=1S/C11H15NO3S/c1-16(14,15)9-5-8-12-11(13)10-6-3-2-4-7-10/h2-4,6-7H,5,8-9H2,1H3,(H,12,13). The molecule has 1 aromatic carbocycles. The first-order valence-corrected chi connectivity index (χ1v) is 7.06. The molecular formula is C11H15NO3S. The molecule has 0 aromatic heterocycles. The van der Waals surface area contributed by atoms with Crippen molar-refractivity contribution in [2.75, 3.05) is 18.6 Å². The molecule has 0 heterocycles. The van der Waals surface area contributed by atoms with Crippen LogP contribution in [-0.2, 0) is 9.84 Å². The third-order valence-corrected chi connectivity index (χ3v) is 3.04. The number of benzene rings is 1. The van der Waals surface area contributed by atoms with E-state index in [1.165, 1.54) is 6.26 Å². The second-order valence-electron chi connectivity index (χ2n) is 3.61. The fraction of sp³-hybridized carbons (Fsp3) is 0.364. The summed E-state index contributed by atoms with van der Waals surface area (Å²) in [5.74, 6) is -0.0729. The van der Waals surface area contributed by atoms with Crippen LogP contribution in [0.25, 0.3) is 0 Å². The van der Waals surface area contributed by atoms with Crippen molar-refractivity contribution in [3.63, 3.8) is 0 Å². The molecule has 1 aromatic rings. The number of nitrogens with one attached hydrogen (secondary N) is 1. The minimum atomic E-state index is -2.94. The van der Waals surface area contributed by atoms with Gasteiger partial charge < -0.3 is 5.32 Å². The number of sulfone groups is 1. The summed E-state index contributed by atoms with van der Waals surface area (Å²) in [6, 6.07) is 8.83. The van der Waals surface area contributed by atoms with E-state index in [1.54, 1.807) is 24.3 Å². The van der Waals surface area contributed by atoms with Crippen LogP contribution in [0, 0.1) is 0 Å². The van der Waals surface area contributed by atoms with Crippen molar-refractivity contribution in [1.29, 1.82) is 0 Å². The first kappa shape index (κ1) is 12.7. The quantitative estimate of drug-likeness (QED) is 0.777. The Balaban J connectivity index is 2.32. The summed E-state index contributed by atoms with van der Waals surface area (Å²) in [7, 11) is -2.94. The van der Waals surface area contributed by atoms with Gasteiger partial charge in [-0.3, -0.25) is 4.79 Å². The molecule has 0 unspecified atom stereocenters. The van der Waals surface area contributed by atoms with E-state index < -0.39 is 9.84 Å². The lowest BCUT2D eigenvalue weighted by Gasteiger charge is -2.04. The highest BCUT2D eigenvalue weighted by Gasteiger charge is 2.05. The molecule has 0 saturated heterocycles.